The van der Waals surface area contributed by atoms with Gasteiger partial charge in [0.15, 0.2) is 0 Å². The molecular formula is C66H52N8O16. The fourth-order valence-electron chi connectivity index (χ4n) is 10.1. The normalized spacial score (nSPS) is 17.2. The molecule has 0 fully saturated rings. The molecular weight excluding hydrogens is 1160 g/mol. The van der Waals surface area contributed by atoms with Crippen molar-refractivity contribution in [2.24, 2.45) is 0 Å². The quantitative estimate of drug-likeness (QED) is 0.112. The molecule has 8 aliphatic heterocycles. The third kappa shape index (κ3) is 13.8. The lowest BCUT2D eigenvalue weighted by atomic mass is 9.99. The van der Waals surface area contributed by atoms with Gasteiger partial charge in [0, 0.05) is 123 Å². The van der Waals surface area contributed by atoms with Crippen molar-refractivity contribution in [3.05, 3.63) is 193 Å². The van der Waals surface area contributed by atoms with E-state index in [2.05, 4.69) is 0 Å². The predicted molar refractivity (Wildman–Crippen MR) is 322 cm³/mol. The standard InChI is InChI=1S/C22H16N2O4.C20H12N2O4.C14H16N2O4.C10H8N2O4/c1-13-11-15(3-5-17(13)23-19(25)7-8-20(23)26)16-4-6-18(14(2)12-16)24-21(27)9-10-22(24)28;23-17-9-10-18(24)21(17)15-5-1-13(2-6-15)14-3-7-16(8-4-14)22-19(25)11-12-20(22)26;17-11-5-6-12(18)15(11)9-3-1-2-4-10-16-13(19)7-8-14(16)20;13-7-1-2-8(14)11(7)5-6-12-9(15)3-4-10(12)16/h3-12H,1-2H3;1-12H;5-8H,1-4,9-10H2;1-4H,5-6H2. The number of benzene rings is 4. The Hall–Kier alpha value is -12.1. The van der Waals surface area contributed by atoms with Crippen molar-refractivity contribution in [3.63, 3.8) is 0 Å². The van der Waals surface area contributed by atoms with E-state index in [9.17, 15) is 76.7 Å². The van der Waals surface area contributed by atoms with Crippen molar-refractivity contribution in [1.82, 2.24) is 19.6 Å². The van der Waals surface area contributed by atoms with Crippen LogP contribution in [0.15, 0.2) is 182 Å². The van der Waals surface area contributed by atoms with E-state index in [0.717, 1.165) is 113 Å². The summed E-state index contributed by atoms with van der Waals surface area (Å²) in [6.07, 6.45) is 22.9. The molecule has 0 N–H and O–H groups in total. The Bertz CT molecular complexity index is 3680. The van der Waals surface area contributed by atoms with Crippen LogP contribution < -0.4 is 19.6 Å². The Kier molecular flexibility index (Phi) is 18.8. The highest BCUT2D eigenvalue weighted by Crippen LogP contribution is 2.33. The van der Waals surface area contributed by atoms with Crippen LogP contribution in [0.5, 0.6) is 0 Å². The van der Waals surface area contributed by atoms with Gasteiger partial charge in [-0.25, -0.2) is 19.6 Å². The number of carbonyl (C=O) groups excluding carboxylic acids is 16. The van der Waals surface area contributed by atoms with Gasteiger partial charge >= 0.3 is 0 Å². The first-order valence-electron chi connectivity index (χ1n) is 27.9. The van der Waals surface area contributed by atoms with Crippen molar-refractivity contribution < 1.29 is 76.7 Å². The summed E-state index contributed by atoms with van der Waals surface area (Å²) in [5, 5.41) is 0. The molecule has 452 valence electrons. The van der Waals surface area contributed by atoms with Crippen molar-refractivity contribution in [2.45, 2.75) is 39.5 Å². The Labute approximate surface area is 512 Å². The minimum absolute atomic E-state index is 0.0316. The number of rotatable bonds is 16. The van der Waals surface area contributed by atoms with Crippen LogP contribution in [0.1, 0.15) is 36.8 Å². The van der Waals surface area contributed by atoms with Crippen molar-refractivity contribution in [2.75, 3.05) is 45.8 Å². The van der Waals surface area contributed by atoms with Gasteiger partial charge in [0.1, 0.15) is 0 Å². The maximum atomic E-state index is 11.9. The zero-order valence-corrected chi connectivity index (χ0v) is 48.1. The molecule has 0 spiro atoms. The van der Waals surface area contributed by atoms with Gasteiger partial charge in [0.2, 0.25) is 0 Å². The second kappa shape index (κ2) is 27.1. The molecule has 8 heterocycles. The molecule has 0 atom stereocenters. The summed E-state index contributed by atoms with van der Waals surface area (Å²) in [6.45, 7) is 4.59. The van der Waals surface area contributed by atoms with Crippen LogP contribution in [0.2, 0.25) is 0 Å². The van der Waals surface area contributed by atoms with Gasteiger partial charge in [-0.3, -0.25) is 96.3 Å². The van der Waals surface area contributed by atoms with E-state index < -0.39 is 23.6 Å². The minimum atomic E-state index is -0.419. The zero-order chi connectivity index (χ0) is 64.5. The van der Waals surface area contributed by atoms with E-state index in [1.807, 2.05) is 38.1 Å². The first-order valence-corrected chi connectivity index (χ1v) is 27.9. The average molecular weight is 1210 g/mol. The molecule has 0 unspecified atom stereocenters. The first kappa shape index (κ1) is 62.5. The van der Waals surface area contributed by atoms with Crippen LogP contribution in [0, 0.1) is 13.8 Å². The predicted octanol–water partition coefficient (Wildman–Crippen LogP) is 4.27. The summed E-state index contributed by atoms with van der Waals surface area (Å²) in [7, 11) is 0. The lowest BCUT2D eigenvalue weighted by Crippen LogP contribution is -2.40. The topological polar surface area (TPSA) is 299 Å². The summed E-state index contributed by atoms with van der Waals surface area (Å²) in [4.78, 5) is 193. The maximum absolute atomic E-state index is 11.9. The minimum Gasteiger partial charge on any atom is -0.275 e. The fraction of sp³-hybridized carbons (Fsp3) is 0.152. The number of carbonyl (C=O) groups is 16. The Morgan fingerprint density at radius 3 is 0.678 bits per heavy atom. The highest BCUT2D eigenvalue weighted by Gasteiger charge is 2.32. The number of nitrogens with zero attached hydrogens (tertiary/aromatic N) is 8. The van der Waals surface area contributed by atoms with Crippen LogP contribution >= 0.6 is 0 Å². The molecule has 4 aromatic carbocycles. The Balaban J connectivity index is 0.000000145. The number of amides is 16. The SMILES string of the molecule is Cc1cc(-c2ccc(N3C(=O)C=CC3=O)c(C)c2)ccc1N1C(=O)C=CC1=O.O=C1C=CC(=O)N1CCCCCCN1C(=O)C=CC1=O.O=C1C=CC(=O)N1CCN1C(=O)C=CC1=O.O=C1C=CC(=O)N1c1ccc(-c2ccc(N3C(=O)C=CC3=O)cc2)cc1. The average Bonchev–Trinajstić information content (AvgIpc) is 1.64. The van der Waals surface area contributed by atoms with Gasteiger partial charge in [-0.1, -0.05) is 49.2 Å². The number of anilines is 4. The van der Waals surface area contributed by atoms with Crippen LogP contribution in [-0.4, -0.2) is 140 Å². The van der Waals surface area contributed by atoms with Crippen LogP contribution in [0.4, 0.5) is 22.7 Å². The van der Waals surface area contributed by atoms with Crippen LogP contribution in [0.25, 0.3) is 22.3 Å². The lowest BCUT2D eigenvalue weighted by molar-refractivity contribution is -0.142. The second-order valence-corrected chi connectivity index (χ2v) is 20.5. The van der Waals surface area contributed by atoms with Crippen molar-refractivity contribution >= 4 is 117 Å². The van der Waals surface area contributed by atoms with E-state index in [1.165, 1.54) is 82.7 Å². The molecule has 8 aliphatic rings. The summed E-state index contributed by atoms with van der Waals surface area (Å²) in [6, 6.07) is 25.0. The van der Waals surface area contributed by atoms with Crippen LogP contribution in [-0.2, 0) is 76.7 Å². The molecule has 0 radical (unpaired) electrons. The summed E-state index contributed by atoms with van der Waals surface area (Å²) < 4.78 is 0. The highest BCUT2D eigenvalue weighted by atomic mass is 16.2. The van der Waals surface area contributed by atoms with E-state index in [1.54, 1.807) is 60.7 Å². The Morgan fingerprint density at radius 2 is 0.433 bits per heavy atom. The van der Waals surface area contributed by atoms with Gasteiger partial charge in [-0.2, -0.15) is 0 Å². The first-order chi connectivity index (χ1) is 43.1. The highest BCUT2D eigenvalue weighted by molar-refractivity contribution is 6.30. The number of unbranched alkanes of at least 4 members (excludes halogenated alkanes) is 3. The summed E-state index contributed by atoms with van der Waals surface area (Å²) in [5.41, 5.74) is 7.26. The fourth-order valence-corrected chi connectivity index (χ4v) is 10.1. The zero-order valence-electron chi connectivity index (χ0n) is 48.1. The number of aryl methyl sites for hydroxylation is 2. The largest absolute Gasteiger partial charge is 0.275 e. The molecule has 24 nitrogen and oxygen atoms in total. The van der Waals surface area contributed by atoms with Crippen molar-refractivity contribution in [1.29, 1.82) is 0 Å². The Morgan fingerprint density at radius 1 is 0.222 bits per heavy atom. The molecule has 16 amide bonds. The molecule has 4 aromatic rings. The van der Waals surface area contributed by atoms with E-state index in [0.29, 0.717) is 35.8 Å². The number of hydrogen-bond donors (Lipinski definition) is 0. The summed E-state index contributed by atoms with van der Waals surface area (Å²) in [5.74, 6) is -5.55. The van der Waals surface area contributed by atoms with E-state index in [4.69, 9.17) is 0 Å². The third-order valence-electron chi connectivity index (χ3n) is 14.7. The summed E-state index contributed by atoms with van der Waals surface area (Å²) >= 11 is 0. The molecule has 0 saturated heterocycles. The second-order valence-electron chi connectivity index (χ2n) is 20.5. The molecule has 0 aliphatic carbocycles. The van der Waals surface area contributed by atoms with E-state index in [-0.39, 0.29) is 84.0 Å². The maximum Gasteiger partial charge on any atom is 0.258 e. The number of imide groups is 8. The monoisotopic (exact) mass is 1210 g/mol. The number of hydrogen-bond acceptors (Lipinski definition) is 16. The van der Waals surface area contributed by atoms with Gasteiger partial charge in [-0.15, -0.1) is 0 Å². The van der Waals surface area contributed by atoms with Crippen LogP contribution in [0.3, 0.4) is 0 Å². The molecule has 90 heavy (non-hydrogen) atoms. The van der Waals surface area contributed by atoms with Gasteiger partial charge < -0.3 is 0 Å². The van der Waals surface area contributed by atoms with Crippen molar-refractivity contribution in [3.8, 4) is 22.3 Å². The molecule has 24 heteroatoms. The van der Waals surface area contributed by atoms with E-state index >= 15 is 0 Å². The van der Waals surface area contributed by atoms with Gasteiger partial charge in [0.05, 0.1) is 22.7 Å². The third-order valence-corrected chi connectivity index (χ3v) is 14.7. The van der Waals surface area contributed by atoms with Gasteiger partial charge in [-0.05, 0) is 109 Å². The lowest BCUT2D eigenvalue weighted by Gasteiger charge is -2.19. The van der Waals surface area contributed by atoms with Gasteiger partial charge in [0.25, 0.3) is 94.5 Å². The molecule has 0 bridgehead atoms. The molecule has 0 saturated carbocycles. The smallest absolute Gasteiger partial charge is 0.258 e. The molecule has 0 aromatic heterocycles. The molecule has 12 rings (SSSR count).